The zero-order valence-corrected chi connectivity index (χ0v) is 12.9. The van der Waals surface area contributed by atoms with Gasteiger partial charge in [-0.05, 0) is 26.3 Å². The van der Waals surface area contributed by atoms with E-state index in [1.54, 1.807) is 0 Å². The number of nitrogens with zero attached hydrogens (tertiary/aromatic N) is 2. The molecule has 1 unspecified atom stereocenters. The summed E-state index contributed by atoms with van der Waals surface area (Å²) in [4.78, 5) is 49.9. The van der Waals surface area contributed by atoms with Crippen LogP contribution in [0.4, 0.5) is 0 Å². The molecular weight excluding hydrogens is 304 g/mol. The molecule has 0 radical (unpaired) electrons. The summed E-state index contributed by atoms with van der Waals surface area (Å²) < 4.78 is 9.53. The molecule has 0 fully saturated rings. The minimum Gasteiger partial charge on any atom is -0.433 e. The lowest BCUT2D eigenvalue weighted by atomic mass is 10.2. The van der Waals surface area contributed by atoms with Gasteiger partial charge in [0.25, 0.3) is 0 Å². The number of rotatable bonds is 11. The molecule has 0 heterocycles. The average molecular weight is 322 g/mol. The molecule has 0 N–H and O–H groups in total. The molecule has 0 bridgehead atoms. The number of isocyanates is 2. The number of hydrogen-bond donors (Lipinski definition) is 0. The summed E-state index contributed by atoms with van der Waals surface area (Å²) in [6.07, 6.45) is 3.89. The highest BCUT2D eigenvalue weighted by atomic mass is 16.6. The van der Waals surface area contributed by atoms with E-state index < -0.39 is 23.9 Å². The quantitative estimate of drug-likeness (QED) is 0.143. The van der Waals surface area contributed by atoms with Crippen molar-refractivity contribution >= 4 is 24.1 Å². The number of unbranched alkanes of at least 4 members (excludes halogenated alkanes) is 2. The van der Waals surface area contributed by atoms with Crippen molar-refractivity contribution in [3.63, 3.8) is 0 Å². The summed E-state index contributed by atoms with van der Waals surface area (Å²) in [5, 5.41) is 0. The summed E-state index contributed by atoms with van der Waals surface area (Å²) >= 11 is 0. The highest BCUT2D eigenvalue weighted by Crippen LogP contribution is 2.11. The highest BCUT2D eigenvalue weighted by molar-refractivity contribution is 5.94. The maximum absolute atomic E-state index is 11.7. The van der Waals surface area contributed by atoms with Gasteiger partial charge in [0.1, 0.15) is 0 Å². The molecule has 124 valence electrons. The predicted octanol–water partition coefficient (Wildman–Crippen LogP) is 1.72. The van der Waals surface area contributed by atoms with E-state index in [1.807, 2.05) is 0 Å². The molecule has 0 aromatic heterocycles. The van der Waals surface area contributed by atoms with Crippen molar-refractivity contribution in [2.45, 2.75) is 38.8 Å². The van der Waals surface area contributed by atoms with Gasteiger partial charge in [0.2, 0.25) is 24.1 Å². The Morgan fingerprint density at radius 1 is 1.09 bits per heavy atom. The zero-order valence-electron chi connectivity index (χ0n) is 12.9. The molecule has 0 saturated carbocycles. The SMILES string of the molecule is C=C(C)C(=O)OC(=C)C(=O)OC(CCCCCN=C=O)N=C=O. The number of carbonyl (C=O) groups excluding carboxylic acids is 4. The van der Waals surface area contributed by atoms with Crippen molar-refractivity contribution in [3.8, 4) is 0 Å². The van der Waals surface area contributed by atoms with Gasteiger partial charge in [-0.3, -0.25) is 0 Å². The van der Waals surface area contributed by atoms with Crippen LogP contribution in [0.15, 0.2) is 34.5 Å². The lowest BCUT2D eigenvalue weighted by Crippen LogP contribution is -2.20. The van der Waals surface area contributed by atoms with E-state index >= 15 is 0 Å². The Balaban J connectivity index is 4.34. The molecule has 0 aromatic rings. The summed E-state index contributed by atoms with van der Waals surface area (Å²) in [7, 11) is 0. The molecule has 0 amide bonds. The fraction of sp³-hybridized carbons (Fsp3) is 0.467. The van der Waals surface area contributed by atoms with Crippen LogP contribution in [-0.4, -0.2) is 36.9 Å². The highest BCUT2D eigenvalue weighted by Gasteiger charge is 2.19. The molecule has 0 aliphatic heterocycles. The van der Waals surface area contributed by atoms with Gasteiger partial charge in [0, 0.05) is 12.0 Å². The van der Waals surface area contributed by atoms with Crippen LogP contribution in [0.1, 0.15) is 32.6 Å². The molecule has 1 atom stereocenters. The summed E-state index contributed by atoms with van der Waals surface area (Å²) in [6, 6.07) is 0. The Bertz CT molecular complexity index is 556. The lowest BCUT2D eigenvalue weighted by molar-refractivity contribution is -0.153. The molecule has 0 saturated heterocycles. The van der Waals surface area contributed by atoms with Gasteiger partial charge < -0.3 is 9.47 Å². The third-order valence-corrected chi connectivity index (χ3v) is 2.52. The van der Waals surface area contributed by atoms with Crippen molar-refractivity contribution in [3.05, 3.63) is 24.5 Å². The minimum absolute atomic E-state index is 0.0967. The average Bonchev–Trinajstić information content (AvgIpc) is 2.50. The van der Waals surface area contributed by atoms with E-state index in [2.05, 4.69) is 27.9 Å². The van der Waals surface area contributed by atoms with E-state index in [0.717, 1.165) is 0 Å². The minimum atomic E-state index is -1.05. The van der Waals surface area contributed by atoms with E-state index in [0.29, 0.717) is 25.8 Å². The van der Waals surface area contributed by atoms with E-state index in [-0.39, 0.29) is 12.0 Å². The van der Waals surface area contributed by atoms with E-state index in [9.17, 15) is 19.2 Å². The molecule has 0 rings (SSSR count). The van der Waals surface area contributed by atoms with Crippen molar-refractivity contribution in [2.75, 3.05) is 6.54 Å². The smallest absolute Gasteiger partial charge is 0.375 e. The van der Waals surface area contributed by atoms with E-state index in [1.165, 1.54) is 19.1 Å². The molecule has 23 heavy (non-hydrogen) atoms. The van der Waals surface area contributed by atoms with Crippen LogP contribution in [0.2, 0.25) is 0 Å². The summed E-state index contributed by atoms with van der Waals surface area (Å²) in [5.41, 5.74) is 0.0967. The second kappa shape index (κ2) is 11.8. The summed E-state index contributed by atoms with van der Waals surface area (Å²) in [5.74, 6) is -2.34. The largest absolute Gasteiger partial charge is 0.433 e. The van der Waals surface area contributed by atoms with Gasteiger partial charge in [-0.25, -0.2) is 24.2 Å². The Morgan fingerprint density at radius 3 is 2.35 bits per heavy atom. The fourth-order valence-electron chi connectivity index (χ4n) is 1.37. The number of aliphatic imine (C=N–C) groups is 2. The number of carbonyl (C=O) groups is 2. The first-order valence-corrected chi connectivity index (χ1v) is 6.80. The number of hydrogen-bond acceptors (Lipinski definition) is 8. The van der Waals surface area contributed by atoms with Crippen LogP contribution in [0.5, 0.6) is 0 Å². The molecule has 0 aromatic carbocycles. The maximum Gasteiger partial charge on any atom is 0.375 e. The molecular formula is C15H18N2O6. The van der Waals surface area contributed by atoms with Gasteiger partial charge in [-0.2, -0.15) is 4.99 Å². The van der Waals surface area contributed by atoms with Crippen LogP contribution >= 0.6 is 0 Å². The maximum atomic E-state index is 11.7. The van der Waals surface area contributed by atoms with Crippen molar-refractivity contribution in [1.29, 1.82) is 0 Å². The van der Waals surface area contributed by atoms with Crippen LogP contribution < -0.4 is 0 Å². The predicted molar refractivity (Wildman–Crippen MR) is 79.5 cm³/mol. The standard InChI is InChI=1S/C15H18N2O6/c1-11(2)14(20)22-12(3)15(21)23-13(17-10-19)7-5-4-6-8-16-9-18/h13H,1,3-8H2,2H3. The first-order chi connectivity index (χ1) is 10.9. The second-order valence-electron chi connectivity index (χ2n) is 4.50. The summed E-state index contributed by atoms with van der Waals surface area (Å²) in [6.45, 7) is 8.40. The third-order valence-electron chi connectivity index (χ3n) is 2.52. The first-order valence-electron chi connectivity index (χ1n) is 6.80. The van der Waals surface area contributed by atoms with Crippen LogP contribution in [0.25, 0.3) is 0 Å². The normalized spacial score (nSPS) is 10.5. The monoisotopic (exact) mass is 322 g/mol. The topological polar surface area (TPSA) is 111 Å². The number of esters is 2. The molecule has 8 heteroatoms. The Morgan fingerprint density at radius 2 is 1.78 bits per heavy atom. The lowest BCUT2D eigenvalue weighted by Gasteiger charge is -2.13. The molecule has 0 spiro atoms. The zero-order chi connectivity index (χ0) is 17.7. The number of ether oxygens (including phenoxy) is 2. The van der Waals surface area contributed by atoms with Gasteiger partial charge in [-0.1, -0.05) is 13.0 Å². The van der Waals surface area contributed by atoms with Gasteiger partial charge in [0.05, 0.1) is 6.54 Å². The Kier molecular flexibility index (Phi) is 10.4. The Labute approximate surface area is 133 Å². The van der Waals surface area contributed by atoms with Crippen molar-refractivity contribution < 1.29 is 28.7 Å². The third kappa shape index (κ3) is 9.68. The molecule has 0 aliphatic rings. The van der Waals surface area contributed by atoms with Crippen molar-refractivity contribution in [2.24, 2.45) is 9.98 Å². The van der Waals surface area contributed by atoms with Gasteiger partial charge >= 0.3 is 11.9 Å². The van der Waals surface area contributed by atoms with Crippen LogP contribution in [-0.2, 0) is 28.7 Å². The Hall–Kier alpha value is -2.82. The van der Waals surface area contributed by atoms with E-state index in [4.69, 9.17) is 4.74 Å². The van der Waals surface area contributed by atoms with Crippen LogP contribution in [0.3, 0.4) is 0 Å². The molecule has 8 nitrogen and oxygen atoms in total. The van der Waals surface area contributed by atoms with Crippen LogP contribution in [0, 0.1) is 0 Å². The van der Waals surface area contributed by atoms with Gasteiger partial charge in [0.15, 0.2) is 0 Å². The second-order valence-corrected chi connectivity index (χ2v) is 4.50. The fourth-order valence-corrected chi connectivity index (χ4v) is 1.37. The molecule has 0 aliphatic carbocycles. The van der Waals surface area contributed by atoms with Crippen molar-refractivity contribution in [1.82, 2.24) is 0 Å². The first kappa shape index (κ1) is 20.2. The van der Waals surface area contributed by atoms with Gasteiger partial charge in [-0.15, -0.1) is 0 Å².